The predicted octanol–water partition coefficient (Wildman–Crippen LogP) is 0.840. The number of carboxylic acids is 2. The number of hydrogen-bond donors (Lipinski definition) is 2. The molecule has 2 unspecified atom stereocenters. The summed E-state index contributed by atoms with van der Waals surface area (Å²) in [7, 11) is 0. The largest absolute Gasteiger partial charge is 0.475 e. The van der Waals surface area contributed by atoms with E-state index in [1.54, 1.807) is 0 Å². The van der Waals surface area contributed by atoms with E-state index in [0.29, 0.717) is 0 Å². The van der Waals surface area contributed by atoms with Crippen LogP contribution in [-0.2, 0) is 45.3 Å². The van der Waals surface area contributed by atoms with E-state index in [1.165, 1.54) is 26.0 Å². The molecule has 0 aromatic rings. The second kappa shape index (κ2) is 14.0. The molecule has 0 heterocycles. The fourth-order valence-electron chi connectivity index (χ4n) is 1.55. The zero-order chi connectivity index (χ0) is 19.4. The summed E-state index contributed by atoms with van der Waals surface area (Å²) in [5.41, 5.74) is 0. The first-order valence-electron chi connectivity index (χ1n) is 6.78. The van der Waals surface area contributed by atoms with E-state index in [9.17, 15) is 28.8 Å². The number of aliphatic carboxylic acids is 2. The Morgan fingerprint density at radius 3 is 1.12 bits per heavy atom. The summed E-state index contributed by atoms with van der Waals surface area (Å²) in [6.45, 7) is 9.03. The van der Waals surface area contributed by atoms with Crippen LogP contribution < -0.4 is 0 Å². The molecule has 0 rings (SSSR count). The van der Waals surface area contributed by atoms with Gasteiger partial charge in [-0.1, -0.05) is 12.2 Å². The van der Waals surface area contributed by atoms with Crippen molar-refractivity contribution in [2.24, 2.45) is 11.8 Å². The predicted molar refractivity (Wildman–Crippen MR) is 83.3 cm³/mol. The number of carboxylic acid groups (broad SMARTS) is 2. The minimum absolute atomic E-state index is 0. The van der Waals surface area contributed by atoms with Crippen LogP contribution in [0.2, 0.25) is 0 Å². The molecule has 0 bridgehead atoms. The van der Waals surface area contributed by atoms with Gasteiger partial charge in [-0.25, -0.2) is 9.59 Å². The number of Topliss-reactive ketones (excluding diaryl/α,β-unsaturated/α-hetero) is 4. The van der Waals surface area contributed by atoms with E-state index in [4.69, 9.17) is 10.2 Å². The van der Waals surface area contributed by atoms with Gasteiger partial charge in [0.25, 0.3) is 11.6 Å². The van der Waals surface area contributed by atoms with Crippen molar-refractivity contribution in [3.05, 3.63) is 25.3 Å². The summed E-state index contributed by atoms with van der Waals surface area (Å²) < 4.78 is 0. The van der Waals surface area contributed by atoms with Crippen LogP contribution in [0.3, 0.4) is 0 Å². The average Bonchev–Trinajstić information content (AvgIpc) is 2.48. The summed E-state index contributed by atoms with van der Waals surface area (Å²) in [4.78, 5) is 63.5. The zero-order valence-corrected chi connectivity index (χ0v) is 14.8. The van der Waals surface area contributed by atoms with Gasteiger partial charge < -0.3 is 10.2 Å². The maximum atomic E-state index is 10.8. The first kappa shape index (κ1) is 27.4. The number of carbonyl (C=O) groups is 6. The van der Waals surface area contributed by atoms with Crippen LogP contribution >= 0.6 is 0 Å². The van der Waals surface area contributed by atoms with Crippen molar-refractivity contribution >= 4 is 35.1 Å². The second-order valence-electron chi connectivity index (χ2n) is 4.71. The van der Waals surface area contributed by atoms with Gasteiger partial charge in [-0.3, -0.25) is 19.2 Å². The molecule has 2 N–H and O–H groups in total. The molecule has 25 heavy (non-hydrogen) atoms. The number of hydrogen-bond acceptors (Lipinski definition) is 6. The van der Waals surface area contributed by atoms with Crippen molar-refractivity contribution in [2.45, 2.75) is 26.7 Å². The van der Waals surface area contributed by atoms with Crippen LogP contribution in [0, 0.1) is 11.8 Å². The molecule has 8 nitrogen and oxygen atoms in total. The van der Waals surface area contributed by atoms with Crippen LogP contribution in [0.4, 0.5) is 0 Å². The van der Waals surface area contributed by atoms with Gasteiger partial charge in [0.1, 0.15) is 11.6 Å². The summed E-state index contributed by atoms with van der Waals surface area (Å²) in [6.07, 6.45) is 2.88. The third-order valence-electron chi connectivity index (χ3n) is 2.84. The number of ketones is 4. The fraction of sp³-hybridized carbons (Fsp3) is 0.375. The van der Waals surface area contributed by atoms with Crippen LogP contribution in [-0.4, -0.2) is 45.3 Å². The monoisotopic (exact) mass is 398 g/mol. The minimum Gasteiger partial charge on any atom is -0.475 e. The third kappa shape index (κ3) is 10.9. The van der Waals surface area contributed by atoms with Crippen LogP contribution in [0.1, 0.15) is 26.7 Å². The minimum atomic E-state index is -1.57. The standard InChI is InChI=1S/2C8H10O4.Ni/c2*1-3-4-6(5(2)9)7(10)8(11)12;/h2*3,6H,1,4H2,2H3,(H,11,12);. The van der Waals surface area contributed by atoms with Crippen molar-refractivity contribution < 1.29 is 55.5 Å². The Morgan fingerprint density at radius 2 is 1.00 bits per heavy atom. The molecule has 0 radical (unpaired) electrons. The molecular formula is C16H20NiO8. The van der Waals surface area contributed by atoms with Crippen molar-refractivity contribution in [2.75, 3.05) is 0 Å². The van der Waals surface area contributed by atoms with Crippen LogP contribution in [0.25, 0.3) is 0 Å². The SMILES string of the molecule is C=CCC(C(C)=O)C(=O)C(=O)O.C=CCC(C(C)=O)C(=O)C(=O)O.[Ni]. The Kier molecular flexibility index (Phi) is 15.3. The van der Waals surface area contributed by atoms with Gasteiger partial charge >= 0.3 is 11.9 Å². The molecule has 0 aliphatic carbocycles. The smallest absolute Gasteiger partial charge is 0.372 e. The molecule has 0 aliphatic heterocycles. The summed E-state index contributed by atoms with van der Waals surface area (Å²) in [6, 6.07) is 0. The van der Waals surface area contributed by atoms with Gasteiger partial charge in [-0.05, 0) is 26.7 Å². The Morgan fingerprint density at radius 1 is 0.760 bits per heavy atom. The Labute approximate surface area is 154 Å². The molecule has 9 heteroatoms. The van der Waals surface area contributed by atoms with Crippen molar-refractivity contribution in [3.8, 4) is 0 Å². The quantitative estimate of drug-likeness (QED) is 0.238. The van der Waals surface area contributed by atoms with Gasteiger partial charge in [-0.15, -0.1) is 13.2 Å². The van der Waals surface area contributed by atoms with E-state index >= 15 is 0 Å². The molecule has 0 aliphatic rings. The molecule has 0 aromatic carbocycles. The normalized spacial score (nSPS) is 11.3. The number of carbonyl (C=O) groups excluding carboxylic acids is 4. The van der Waals surface area contributed by atoms with E-state index in [0.717, 1.165) is 0 Å². The summed E-state index contributed by atoms with van der Waals surface area (Å²) >= 11 is 0. The average molecular weight is 399 g/mol. The van der Waals surface area contributed by atoms with E-state index in [-0.39, 0.29) is 29.3 Å². The zero-order valence-electron chi connectivity index (χ0n) is 13.8. The van der Waals surface area contributed by atoms with E-state index in [1.807, 2.05) is 0 Å². The van der Waals surface area contributed by atoms with Gasteiger partial charge in [0, 0.05) is 16.5 Å². The van der Waals surface area contributed by atoms with Crippen LogP contribution in [0.5, 0.6) is 0 Å². The van der Waals surface area contributed by atoms with Crippen molar-refractivity contribution in [3.63, 3.8) is 0 Å². The molecule has 142 valence electrons. The van der Waals surface area contributed by atoms with E-state index < -0.39 is 46.9 Å². The maximum absolute atomic E-state index is 10.8. The third-order valence-corrected chi connectivity index (χ3v) is 2.84. The molecular weight excluding hydrogens is 379 g/mol. The van der Waals surface area contributed by atoms with Crippen molar-refractivity contribution in [1.82, 2.24) is 0 Å². The van der Waals surface area contributed by atoms with Gasteiger partial charge in [0.15, 0.2) is 0 Å². The van der Waals surface area contributed by atoms with Crippen molar-refractivity contribution in [1.29, 1.82) is 0 Å². The van der Waals surface area contributed by atoms with Gasteiger partial charge in [0.05, 0.1) is 11.8 Å². The van der Waals surface area contributed by atoms with Gasteiger partial charge in [-0.2, -0.15) is 0 Å². The first-order chi connectivity index (χ1) is 11.0. The first-order valence-corrected chi connectivity index (χ1v) is 6.78. The molecule has 0 saturated heterocycles. The Balaban J connectivity index is -0.000000372. The number of allylic oxidation sites excluding steroid dienone is 2. The Bertz CT molecular complexity index is 514. The molecule has 0 fully saturated rings. The fourth-order valence-corrected chi connectivity index (χ4v) is 1.55. The molecule has 0 saturated carbocycles. The Hall–Kier alpha value is -2.41. The summed E-state index contributed by atoms with van der Waals surface area (Å²) in [5, 5.41) is 16.6. The topological polar surface area (TPSA) is 143 Å². The summed E-state index contributed by atoms with van der Waals surface area (Å²) in [5.74, 6) is -8.30. The van der Waals surface area contributed by atoms with Crippen LogP contribution in [0.15, 0.2) is 25.3 Å². The number of rotatable bonds is 10. The molecule has 2 atom stereocenters. The van der Waals surface area contributed by atoms with E-state index in [2.05, 4.69) is 13.2 Å². The molecule has 0 spiro atoms. The maximum Gasteiger partial charge on any atom is 0.372 e. The molecule has 0 aromatic heterocycles. The second-order valence-corrected chi connectivity index (χ2v) is 4.71. The van der Waals surface area contributed by atoms with Gasteiger partial charge in [0.2, 0.25) is 0 Å². The molecule has 0 amide bonds.